The van der Waals surface area contributed by atoms with Crippen molar-refractivity contribution < 1.29 is 40.6 Å². The number of cyclic esters (lactones) is 1. The Morgan fingerprint density at radius 3 is 2.25 bits per heavy atom. The van der Waals surface area contributed by atoms with Crippen LogP contribution in [0.2, 0.25) is 0 Å². The van der Waals surface area contributed by atoms with E-state index in [-0.39, 0.29) is 31.5 Å². The summed E-state index contributed by atoms with van der Waals surface area (Å²) in [5.74, 6) is -0.598. The first-order valence-electron chi connectivity index (χ1n) is 6.33. The number of rotatable bonds is 2. The van der Waals surface area contributed by atoms with Gasteiger partial charge in [-0.3, -0.25) is 0 Å². The third-order valence-corrected chi connectivity index (χ3v) is 3.27. The molecule has 0 radical (unpaired) electrons. The van der Waals surface area contributed by atoms with E-state index in [1.165, 1.54) is 0 Å². The second-order valence-electron chi connectivity index (χ2n) is 4.76. The maximum absolute atomic E-state index is 13.2. The molecule has 0 aromatic heterocycles. The maximum Gasteiger partial charge on any atom is 0.416 e. The lowest BCUT2D eigenvalue weighted by Crippen LogP contribution is -2.36. The largest absolute Gasteiger partial charge is 0.496 e. The Balaban J connectivity index is 0.00000288. The van der Waals surface area contributed by atoms with E-state index < -0.39 is 46.9 Å². The molecule has 4 nitrogen and oxygen atoms in total. The maximum atomic E-state index is 13.2. The molecule has 11 heteroatoms. The van der Waals surface area contributed by atoms with Crippen molar-refractivity contribution >= 4 is 18.5 Å². The zero-order valence-corrected chi connectivity index (χ0v) is 12.9. The minimum absolute atomic E-state index is 0. The molecule has 24 heavy (non-hydrogen) atoms. The quantitative estimate of drug-likeness (QED) is 0.778. The van der Waals surface area contributed by atoms with E-state index in [0.717, 1.165) is 7.11 Å². The van der Waals surface area contributed by atoms with Crippen molar-refractivity contribution in [3.8, 4) is 5.75 Å². The molecule has 1 N–H and O–H groups in total. The molecule has 0 bridgehead atoms. The number of halogens is 7. The highest BCUT2D eigenvalue weighted by Gasteiger charge is 2.42. The standard InChI is InChI=1S/C13H11F6NO3.ClH/c1-22-9-5-6(12(14,15)16)4-7(13(17,18)19)10(9)8-2-3-23-11(21)20-8;/h4-5,8H,2-3H2,1H3,(H,20,21);1H/t8-;/m0./s1. The smallest absolute Gasteiger partial charge is 0.416 e. The lowest BCUT2D eigenvalue weighted by atomic mass is 9.93. The number of alkyl halides is 6. The van der Waals surface area contributed by atoms with Crippen molar-refractivity contribution in [3.63, 3.8) is 0 Å². The summed E-state index contributed by atoms with van der Waals surface area (Å²) < 4.78 is 87.3. The van der Waals surface area contributed by atoms with Gasteiger partial charge in [-0.05, 0) is 12.1 Å². The topological polar surface area (TPSA) is 47.6 Å². The van der Waals surface area contributed by atoms with Gasteiger partial charge in [-0.1, -0.05) is 0 Å². The highest BCUT2D eigenvalue weighted by atomic mass is 35.5. The van der Waals surface area contributed by atoms with E-state index in [9.17, 15) is 31.1 Å². The van der Waals surface area contributed by atoms with Gasteiger partial charge in [0.15, 0.2) is 0 Å². The van der Waals surface area contributed by atoms with E-state index in [1.807, 2.05) is 0 Å². The fourth-order valence-corrected chi connectivity index (χ4v) is 2.30. The molecule has 0 spiro atoms. The normalized spacial score (nSPS) is 18.3. The highest BCUT2D eigenvalue weighted by molar-refractivity contribution is 5.85. The summed E-state index contributed by atoms with van der Waals surface area (Å²) >= 11 is 0. The number of hydrogen-bond donors (Lipinski definition) is 1. The number of amides is 1. The van der Waals surface area contributed by atoms with Crippen molar-refractivity contribution in [1.82, 2.24) is 5.32 Å². The van der Waals surface area contributed by atoms with Gasteiger partial charge < -0.3 is 14.8 Å². The Hall–Kier alpha value is -1.84. The molecule has 0 saturated carbocycles. The van der Waals surface area contributed by atoms with Crippen LogP contribution >= 0.6 is 12.4 Å². The summed E-state index contributed by atoms with van der Waals surface area (Å²) in [6.45, 7) is -0.155. The van der Waals surface area contributed by atoms with E-state index in [1.54, 1.807) is 0 Å². The van der Waals surface area contributed by atoms with Crippen molar-refractivity contribution in [2.24, 2.45) is 0 Å². The lowest BCUT2D eigenvalue weighted by molar-refractivity contribution is -0.143. The van der Waals surface area contributed by atoms with Crippen LogP contribution < -0.4 is 10.1 Å². The molecule has 1 aromatic carbocycles. The van der Waals surface area contributed by atoms with Crippen LogP contribution in [0.25, 0.3) is 0 Å². The predicted molar refractivity (Wildman–Crippen MR) is 72.1 cm³/mol. The summed E-state index contributed by atoms with van der Waals surface area (Å²) in [5, 5.41) is 2.16. The van der Waals surface area contributed by atoms with Gasteiger partial charge in [-0.2, -0.15) is 26.3 Å². The number of carbonyl (C=O) groups is 1. The van der Waals surface area contributed by atoms with Crippen LogP contribution in [-0.4, -0.2) is 19.8 Å². The first-order chi connectivity index (χ1) is 10.5. The Morgan fingerprint density at radius 1 is 1.17 bits per heavy atom. The lowest BCUT2D eigenvalue weighted by Gasteiger charge is -2.28. The van der Waals surface area contributed by atoms with E-state index in [2.05, 4.69) is 10.1 Å². The second kappa shape index (κ2) is 6.96. The van der Waals surface area contributed by atoms with Gasteiger partial charge in [-0.15, -0.1) is 12.4 Å². The van der Waals surface area contributed by atoms with Gasteiger partial charge in [0, 0.05) is 12.0 Å². The predicted octanol–water partition coefficient (Wildman–Crippen LogP) is 4.33. The van der Waals surface area contributed by atoms with Crippen LogP contribution in [0.15, 0.2) is 12.1 Å². The Morgan fingerprint density at radius 2 is 1.79 bits per heavy atom. The number of alkyl carbamates (subject to hydrolysis) is 1. The molecule has 1 saturated heterocycles. The third-order valence-electron chi connectivity index (χ3n) is 3.27. The van der Waals surface area contributed by atoms with Gasteiger partial charge >= 0.3 is 18.4 Å². The fourth-order valence-electron chi connectivity index (χ4n) is 2.30. The van der Waals surface area contributed by atoms with E-state index >= 15 is 0 Å². The van der Waals surface area contributed by atoms with E-state index in [4.69, 9.17) is 4.74 Å². The minimum Gasteiger partial charge on any atom is -0.496 e. The molecule has 1 heterocycles. The number of benzene rings is 1. The van der Waals surface area contributed by atoms with Gasteiger partial charge in [0.05, 0.1) is 30.9 Å². The Kier molecular flexibility index (Phi) is 5.86. The van der Waals surface area contributed by atoms with Crippen LogP contribution in [0, 0.1) is 0 Å². The summed E-state index contributed by atoms with van der Waals surface area (Å²) in [4.78, 5) is 11.2. The molecule has 1 aliphatic heterocycles. The summed E-state index contributed by atoms with van der Waals surface area (Å²) in [7, 11) is 0.959. The van der Waals surface area contributed by atoms with Crippen molar-refractivity contribution in [2.45, 2.75) is 24.8 Å². The van der Waals surface area contributed by atoms with Crippen molar-refractivity contribution in [3.05, 3.63) is 28.8 Å². The third kappa shape index (κ3) is 4.16. The molecule has 0 unspecified atom stereocenters. The number of carbonyl (C=O) groups excluding carboxylic acids is 1. The van der Waals surface area contributed by atoms with Gasteiger partial charge in [-0.25, -0.2) is 4.79 Å². The highest BCUT2D eigenvalue weighted by Crippen LogP contribution is 2.44. The number of nitrogens with one attached hydrogen (secondary N) is 1. The SMILES string of the molecule is COc1cc(C(F)(F)F)cc(C(F)(F)F)c1[C@@H]1CCOC(=O)N1.Cl. The molecule has 1 fully saturated rings. The summed E-state index contributed by atoms with van der Waals surface area (Å²) in [5.41, 5.74) is -3.54. The zero-order chi connectivity index (χ0) is 17.4. The number of hydrogen-bond acceptors (Lipinski definition) is 3. The first-order valence-corrected chi connectivity index (χ1v) is 6.33. The number of methoxy groups -OCH3 is 1. The van der Waals surface area contributed by atoms with Crippen LogP contribution in [0.1, 0.15) is 29.2 Å². The molecule has 2 rings (SSSR count). The molecule has 136 valence electrons. The van der Waals surface area contributed by atoms with Crippen molar-refractivity contribution in [1.29, 1.82) is 0 Å². The molecule has 1 atom stereocenters. The molecule has 1 aliphatic rings. The molecular formula is C13H12ClF6NO3. The van der Waals surface area contributed by atoms with Gasteiger partial charge in [0.25, 0.3) is 0 Å². The average Bonchev–Trinajstić information content (AvgIpc) is 2.43. The van der Waals surface area contributed by atoms with Gasteiger partial charge in [0.1, 0.15) is 5.75 Å². The van der Waals surface area contributed by atoms with Crippen molar-refractivity contribution in [2.75, 3.05) is 13.7 Å². The Labute approximate surface area is 138 Å². The first kappa shape index (κ1) is 20.2. The molecule has 0 aliphatic carbocycles. The average molecular weight is 380 g/mol. The molecular weight excluding hydrogens is 368 g/mol. The summed E-state index contributed by atoms with van der Waals surface area (Å²) in [6, 6.07) is -0.670. The van der Waals surface area contributed by atoms with Gasteiger partial charge in [0.2, 0.25) is 0 Å². The fraction of sp³-hybridized carbons (Fsp3) is 0.462. The second-order valence-corrected chi connectivity index (χ2v) is 4.76. The zero-order valence-electron chi connectivity index (χ0n) is 12.0. The minimum atomic E-state index is -5.05. The van der Waals surface area contributed by atoms with Crippen LogP contribution in [0.4, 0.5) is 31.1 Å². The summed E-state index contributed by atoms with van der Waals surface area (Å²) in [6.07, 6.45) is -11.0. The number of ether oxygens (including phenoxy) is 2. The molecule has 1 aromatic rings. The Bertz CT molecular complexity index is 617. The molecule has 1 amide bonds. The monoisotopic (exact) mass is 379 g/mol. The van der Waals surface area contributed by atoms with Crippen LogP contribution in [-0.2, 0) is 17.1 Å². The van der Waals surface area contributed by atoms with Crippen LogP contribution in [0.3, 0.4) is 0 Å². The van der Waals surface area contributed by atoms with E-state index in [0.29, 0.717) is 6.07 Å². The van der Waals surface area contributed by atoms with Crippen LogP contribution in [0.5, 0.6) is 5.75 Å².